The first-order valence-corrected chi connectivity index (χ1v) is 11.3. The summed E-state index contributed by atoms with van der Waals surface area (Å²) in [5.74, 6) is 1.26. The Kier molecular flexibility index (Phi) is 6.76. The predicted octanol–water partition coefficient (Wildman–Crippen LogP) is 2.85. The standard InChI is InChI=1S/C23H25N5O4S/c1-15-17(25-22(32-15)18-9-6-12-33-18)14-27(10-11-31-2)19-20(24)28(23(30)26-21(19)29)13-16-7-4-3-5-8-16/h3-9,12H,10-11,13-14,24H2,1-2H3,(H,26,29,30). The molecule has 0 unspecified atom stereocenters. The van der Waals surface area contributed by atoms with Gasteiger partial charge in [0, 0.05) is 13.7 Å². The van der Waals surface area contributed by atoms with Crippen LogP contribution in [0.4, 0.5) is 11.5 Å². The summed E-state index contributed by atoms with van der Waals surface area (Å²) in [5, 5.41) is 1.95. The zero-order valence-corrected chi connectivity index (χ0v) is 19.2. The van der Waals surface area contributed by atoms with E-state index in [9.17, 15) is 9.59 Å². The Morgan fingerprint density at radius 3 is 2.70 bits per heavy atom. The van der Waals surface area contributed by atoms with Crippen LogP contribution in [-0.4, -0.2) is 34.8 Å². The van der Waals surface area contributed by atoms with Crippen molar-refractivity contribution in [3.05, 3.63) is 85.7 Å². The van der Waals surface area contributed by atoms with Crippen LogP contribution in [0.25, 0.3) is 10.8 Å². The maximum atomic E-state index is 12.9. The number of aromatic nitrogens is 3. The summed E-state index contributed by atoms with van der Waals surface area (Å²) in [6, 6.07) is 13.3. The number of aromatic amines is 1. The van der Waals surface area contributed by atoms with Gasteiger partial charge >= 0.3 is 5.69 Å². The van der Waals surface area contributed by atoms with Gasteiger partial charge in [-0.2, -0.15) is 0 Å². The topological polar surface area (TPSA) is 119 Å². The molecule has 0 amide bonds. The third kappa shape index (κ3) is 4.91. The summed E-state index contributed by atoms with van der Waals surface area (Å²) in [7, 11) is 1.58. The lowest BCUT2D eigenvalue weighted by atomic mass is 10.2. The molecule has 4 rings (SSSR count). The van der Waals surface area contributed by atoms with E-state index >= 15 is 0 Å². The maximum Gasteiger partial charge on any atom is 0.330 e. The zero-order valence-electron chi connectivity index (χ0n) is 18.4. The first kappa shape index (κ1) is 22.6. The van der Waals surface area contributed by atoms with E-state index in [4.69, 9.17) is 14.9 Å². The average Bonchev–Trinajstić information content (AvgIpc) is 3.45. The van der Waals surface area contributed by atoms with Crippen LogP contribution in [-0.2, 0) is 17.8 Å². The van der Waals surface area contributed by atoms with Gasteiger partial charge in [-0.1, -0.05) is 36.4 Å². The van der Waals surface area contributed by atoms with E-state index in [0.29, 0.717) is 30.5 Å². The molecule has 4 aromatic rings. The molecule has 3 heterocycles. The molecule has 9 nitrogen and oxygen atoms in total. The van der Waals surface area contributed by atoms with Gasteiger partial charge in [0.2, 0.25) is 5.89 Å². The molecule has 0 fully saturated rings. The smallest absolute Gasteiger partial charge is 0.330 e. The molecular formula is C23H25N5O4S. The van der Waals surface area contributed by atoms with Crippen molar-refractivity contribution in [3.8, 4) is 10.8 Å². The number of anilines is 2. The number of nitrogen functional groups attached to an aromatic ring is 1. The quantitative estimate of drug-likeness (QED) is 0.388. The minimum absolute atomic E-state index is 0.0864. The zero-order chi connectivity index (χ0) is 23.4. The fraction of sp³-hybridized carbons (Fsp3) is 0.261. The van der Waals surface area contributed by atoms with Crippen molar-refractivity contribution in [3.63, 3.8) is 0 Å². The van der Waals surface area contributed by atoms with Crippen LogP contribution in [0.3, 0.4) is 0 Å². The highest BCUT2D eigenvalue weighted by Gasteiger charge is 2.22. The molecule has 0 bridgehead atoms. The van der Waals surface area contributed by atoms with E-state index < -0.39 is 11.2 Å². The highest BCUT2D eigenvalue weighted by molar-refractivity contribution is 7.13. The summed E-state index contributed by atoms with van der Waals surface area (Å²) >= 11 is 1.53. The monoisotopic (exact) mass is 467 g/mol. The second-order valence-corrected chi connectivity index (χ2v) is 8.43. The fourth-order valence-electron chi connectivity index (χ4n) is 3.54. The van der Waals surface area contributed by atoms with Gasteiger partial charge in [0.1, 0.15) is 23.0 Å². The van der Waals surface area contributed by atoms with Crippen molar-refractivity contribution >= 4 is 22.8 Å². The van der Waals surface area contributed by atoms with E-state index in [-0.39, 0.29) is 24.6 Å². The van der Waals surface area contributed by atoms with Gasteiger partial charge in [0.15, 0.2) is 0 Å². The van der Waals surface area contributed by atoms with Gasteiger partial charge in [-0.15, -0.1) is 11.3 Å². The number of thiophene rings is 1. The van der Waals surface area contributed by atoms with Crippen molar-refractivity contribution in [1.29, 1.82) is 0 Å². The molecule has 0 aliphatic carbocycles. The number of aryl methyl sites for hydroxylation is 1. The summed E-state index contributed by atoms with van der Waals surface area (Å²) in [6.07, 6.45) is 0. The second-order valence-electron chi connectivity index (χ2n) is 7.48. The molecule has 172 valence electrons. The van der Waals surface area contributed by atoms with Crippen molar-refractivity contribution in [2.75, 3.05) is 30.9 Å². The van der Waals surface area contributed by atoms with Crippen LogP contribution < -0.4 is 21.9 Å². The van der Waals surface area contributed by atoms with Crippen molar-refractivity contribution in [2.45, 2.75) is 20.0 Å². The molecule has 0 aliphatic rings. The number of methoxy groups -OCH3 is 1. The number of H-pyrrole nitrogens is 1. The van der Waals surface area contributed by atoms with Gasteiger partial charge in [-0.3, -0.25) is 14.3 Å². The highest BCUT2D eigenvalue weighted by Crippen LogP contribution is 2.27. The minimum atomic E-state index is -0.561. The molecule has 33 heavy (non-hydrogen) atoms. The number of hydrogen-bond donors (Lipinski definition) is 2. The highest BCUT2D eigenvalue weighted by atomic mass is 32.1. The van der Waals surface area contributed by atoms with Crippen LogP contribution in [0.15, 0.2) is 61.9 Å². The molecule has 3 aromatic heterocycles. The normalized spacial score (nSPS) is 11.1. The molecule has 0 spiro atoms. The second kappa shape index (κ2) is 9.88. The van der Waals surface area contributed by atoms with E-state index in [1.807, 2.05) is 54.8 Å². The molecule has 0 saturated carbocycles. The molecule has 10 heteroatoms. The van der Waals surface area contributed by atoms with Crippen LogP contribution in [0.2, 0.25) is 0 Å². The van der Waals surface area contributed by atoms with Gasteiger partial charge in [-0.25, -0.2) is 9.78 Å². The number of benzene rings is 1. The number of hydrogen-bond acceptors (Lipinski definition) is 8. The number of oxazole rings is 1. The molecule has 0 aliphatic heterocycles. The van der Waals surface area contributed by atoms with Crippen LogP contribution in [0.1, 0.15) is 17.0 Å². The third-order valence-electron chi connectivity index (χ3n) is 5.24. The number of nitrogens with zero attached hydrogens (tertiary/aromatic N) is 3. The summed E-state index contributed by atoms with van der Waals surface area (Å²) in [6.45, 7) is 3.05. The fourth-order valence-corrected chi connectivity index (χ4v) is 4.19. The van der Waals surface area contributed by atoms with Crippen molar-refractivity contribution in [1.82, 2.24) is 14.5 Å². The minimum Gasteiger partial charge on any atom is -0.440 e. The average molecular weight is 468 g/mol. The lowest BCUT2D eigenvalue weighted by Crippen LogP contribution is -2.39. The van der Waals surface area contributed by atoms with Crippen molar-refractivity contribution in [2.24, 2.45) is 0 Å². The van der Waals surface area contributed by atoms with Gasteiger partial charge in [0.05, 0.1) is 24.6 Å². The largest absolute Gasteiger partial charge is 0.440 e. The van der Waals surface area contributed by atoms with E-state index in [0.717, 1.165) is 10.4 Å². The maximum absolute atomic E-state index is 12.9. The number of nitrogens with two attached hydrogens (primary N) is 1. The van der Waals surface area contributed by atoms with Gasteiger partial charge in [-0.05, 0) is 23.9 Å². The number of ether oxygens (including phenoxy) is 1. The summed E-state index contributed by atoms with van der Waals surface area (Å²) in [5.41, 5.74) is 7.04. The van der Waals surface area contributed by atoms with E-state index in [1.54, 1.807) is 12.0 Å². The SMILES string of the molecule is COCCN(Cc1nc(-c2cccs2)oc1C)c1c(N)n(Cc2ccccc2)c(=O)[nH]c1=O. The van der Waals surface area contributed by atoms with E-state index in [1.165, 1.54) is 15.9 Å². The Hall–Kier alpha value is -3.63. The first-order valence-electron chi connectivity index (χ1n) is 10.4. The lowest BCUT2D eigenvalue weighted by Gasteiger charge is -2.25. The van der Waals surface area contributed by atoms with E-state index in [2.05, 4.69) is 9.97 Å². The van der Waals surface area contributed by atoms with Crippen LogP contribution in [0.5, 0.6) is 0 Å². The Morgan fingerprint density at radius 2 is 2.00 bits per heavy atom. The van der Waals surface area contributed by atoms with Gasteiger partial charge < -0.3 is 19.8 Å². The Morgan fingerprint density at radius 1 is 1.21 bits per heavy atom. The summed E-state index contributed by atoms with van der Waals surface area (Å²) in [4.78, 5) is 35.1. The molecule has 0 atom stereocenters. The molecular weight excluding hydrogens is 442 g/mol. The molecule has 3 N–H and O–H groups in total. The Bertz CT molecular complexity index is 1330. The third-order valence-corrected chi connectivity index (χ3v) is 6.10. The van der Waals surface area contributed by atoms with Gasteiger partial charge in [0.25, 0.3) is 5.56 Å². The predicted molar refractivity (Wildman–Crippen MR) is 129 cm³/mol. The summed E-state index contributed by atoms with van der Waals surface area (Å²) < 4.78 is 12.5. The first-order chi connectivity index (χ1) is 16.0. The molecule has 0 saturated heterocycles. The number of rotatable bonds is 9. The van der Waals surface area contributed by atoms with Crippen LogP contribution in [0, 0.1) is 6.92 Å². The number of nitrogens with one attached hydrogen (secondary N) is 1. The molecule has 1 aromatic carbocycles. The Balaban J connectivity index is 1.72. The van der Waals surface area contributed by atoms with Crippen LogP contribution >= 0.6 is 11.3 Å². The van der Waals surface area contributed by atoms with Crippen molar-refractivity contribution < 1.29 is 9.15 Å². The lowest BCUT2D eigenvalue weighted by molar-refractivity contribution is 0.205. The Labute approximate surface area is 194 Å². The molecule has 0 radical (unpaired) electrons.